The van der Waals surface area contributed by atoms with Gasteiger partial charge in [0.1, 0.15) is 11.5 Å². The van der Waals surface area contributed by atoms with Crippen molar-refractivity contribution in [3.05, 3.63) is 59.7 Å². The first-order chi connectivity index (χ1) is 10.6. The van der Waals surface area contributed by atoms with Crippen LogP contribution in [0.4, 0.5) is 0 Å². The van der Waals surface area contributed by atoms with E-state index in [0.717, 1.165) is 11.3 Å². The molecular weight excluding hydrogens is 280 g/mol. The highest BCUT2D eigenvalue weighted by Crippen LogP contribution is 2.13. The molecule has 0 saturated carbocycles. The molecule has 0 fully saturated rings. The summed E-state index contributed by atoms with van der Waals surface area (Å²) in [7, 11) is 0. The van der Waals surface area contributed by atoms with Gasteiger partial charge in [-0.2, -0.15) is 5.10 Å². The molecule has 2 aromatic carbocycles. The zero-order chi connectivity index (χ0) is 15.9. The second-order valence-electron chi connectivity index (χ2n) is 4.65. The van der Waals surface area contributed by atoms with Crippen LogP contribution in [0, 0.1) is 0 Å². The monoisotopic (exact) mass is 298 g/mol. The molecule has 0 aliphatic heterocycles. The minimum absolute atomic E-state index is 0.0415. The molecule has 0 bridgehead atoms. The maximum absolute atomic E-state index is 11.9. The lowest BCUT2D eigenvalue weighted by Crippen LogP contribution is -2.19. The Hall–Kier alpha value is -2.82. The average Bonchev–Trinajstić information content (AvgIpc) is 2.53. The lowest BCUT2D eigenvalue weighted by molar-refractivity contribution is 0.0954. The van der Waals surface area contributed by atoms with Gasteiger partial charge in [0.15, 0.2) is 0 Å². The van der Waals surface area contributed by atoms with Crippen molar-refractivity contribution in [2.75, 3.05) is 6.61 Å². The van der Waals surface area contributed by atoms with Gasteiger partial charge >= 0.3 is 0 Å². The fourth-order valence-electron chi connectivity index (χ4n) is 1.87. The van der Waals surface area contributed by atoms with Crippen LogP contribution >= 0.6 is 0 Å². The van der Waals surface area contributed by atoms with E-state index in [1.807, 2.05) is 31.2 Å². The van der Waals surface area contributed by atoms with Crippen LogP contribution in [0.2, 0.25) is 0 Å². The first-order valence-electron chi connectivity index (χ1n) is 6.97. The van der Waals surface area contributed by atoms with Gasteiger partial charge in [0.25, 0.3) is 5.91 Å². The van der Waals surface area contributed by atoms with Gasteiger partial charge in [0, 0.05) is 5.56 Å². The molecule has 0 radical (unpaired) electrons. The molecule has 5 nitrogen and oxygen atoms in total. The van der Waals surface area contributed by atoms with Gasteiger partial charge in [-0.15, -0.1) is 0 Å². The zero-order valence-electron chi connectivity index (χ0n) is 12.5. The third kappa shape index (κ3) is 4.09. The number of phenols is 1. The van der Waals surface area contributed by atoms with Crippen LogP contribution in [0.25, 0.3) is 0 Å². The van der Waals surface area contributed by atoms with E-state index in [0.29, 0.717) is 17.9 Å². The molecule has 22 heavy (non-hydrogen) atoms. The molecule has 0 atom stereocenters. The summed E-state index contributed by atoms with van der Waals surface area (Å²) >= 11 is 0. The SMILES string of the molecule is CCOc1ccc(/C(C)=N\NC(=O)c2cccc(O)c2)cc1. The smallest absolute Gasteiger partial charge is 0.271 e. The van der Waals surface area contributed by atoms with Crippen molar-refractivity contribution in [3.8, 4) is 11.5 Å². The molecule has 0 unspecified atom stereocenters. The molecule has 0 heterocycles. The Bertz CT molecular complexity index is 679. The number of carbonyl (C=O) groups excluding carboxylic acids is 1. The van der Waals surface area contributed by atoms with E-state index in [4.69, 9.17) is 4.74 Å². The summed E-state index contributed by atoms with van der Waals surface area (Å²) in [5, 5.41) is 13.4. The molecule has 2 rings (SSSR count). The summed E-state index contributed by atoms with van der Waals surface area (Å²) in [6.45, 7) is 4.35. The molecule has 114 valence electrons. The number of hydrazone groups is 1. The summed E-state index contributed by atoms with van der Waals surface area (Å²) in [4.78, 5) is 11.9. The van der Waals surface area contributed by atoms with Gasteiger partial charge in [-0.25, -0.2) is 5.43 Å². The maximum Gasteiger partial charge on any atom is 0.271 e. The second kappa shape index (κ2) is 7.26. The van der Waals surface area contributed by atoms with E-state index in [-0.39, 0.29) is 11.7 Å². The summed E-state index contributed by atoms with van der Waals surface area (Å²) in [5.74, 6) is 0.462. The Kier molecular flexibility index (Phi) is 5.14. The van der Waals surface area contributed by atoms with Crippen molar-refractivity contribution in [3.63, 3.8) is 0 Å². The average molecular weight is 298 g/mol. The van der Waals surface area contributed by atoms with Gasteiger partial charge in [-0.05, 0) is 61.9 Å². The number of nitrogens with zero attached hydrogens (tertiary/aromatic N) is 1. The third-order valence-corrected chi connectivity index (χ3v) is 3.02. The Morgan fingerprint density at radius 3 is 2.55 bits per heavy atom. The van der Waals surface area contributed by atoms with Crippen LogP contribution in [-0.4, -0.2) is 23.3 Å². The van der Waals surface area contributed by atoms with Crippen molar-refractivity contribution in [2.24, 2.45) is 5.10 Å². The van der Waals surface area contributed by atoms with Gasteiger partial charge < -0.3 is 9.84 Å². The normalized spacial score (nSPS) is 11.1. The Morgan fingerprint density at radius 1 is 1.18 bits per heavy atom. The second-order valence-corrected chi connectivity index (χ2v) is 4.65. The molecular formula is C17H18N2O3. The van der Waals surface area contributed by atoms with Crippen molar-refractivity contribution in [1.82, 2.24) is 5.43 Å². The number of benzene rings is 2. The van der Waals surface area contributed by atoms with Gasteiger partial charge in [0.2, 0.25) is 0 Å². The number of amides is 1. The lowest BCUT2D eigenvalue weighted by atomic mass is 10.1. The van der Waals surface area contributed by atoms with E-state index < -0.39 is 0 Å². The molecule has 0 saturated heterocycles. The topological polar surface area (TPSA) is 70.9 Å². The minimum Gasteiger partial charge on any atom is -0.508 e. The predicted molar refractivity (Wildman–Crippen MR) is 85.4 cm³/mol. The fourth-order valence-corrected chi connectivity index (χ4v) is 1.87. The number of aromatic hydroxyl groups is 1. The number of hydrogen-bond donors (Lipinski definition) is 2. The standard InChI is InChI=1S/C17H18N2O3/c1-3-22-16-9-7-13(8-10-16)12(2)18-19-17(21)14-5-4-6-15(20)11-14/h4-11,20H,3H2,1-2H3,(H,19,21)/b18-12-. The predicted octanol–water partition coefficient (Wildman–Crippen LogP) is 2.94. The quantitative estimate of drug-likeness (QED) is 0.658. The number of hydrogen-bond acceptors (Lipinski definition) is 4. The first kappa shape index (κ1) is 15.6. The summed E-state index contributed by atoms with van der Waals surface area (Å²) in [5.41, 5.74) is 4.39. The first-order valence-corrected chi connectivity index (χ1v) is 6.97. The lowest BCUT2D eigenvalue weighted by Gasteiger charge is -2.05. The highest BCUT2D eigenvalue weighted by molar-refractivity contribution is 6.01. The maximum atomic E-state index is 11.9. The molecule has 0 spiro atoms. The van der Waals surface area contributed by atoms with Crippen LogP contribution in [0.15, 0.2) is 53.6 Å². The van der Waals surface area contributed by atoms with Crippen LogP contribution in [-0.2, 0) is 0 Å². The largest absolute Gasteiger partial charge is 0.508 e. The number of carbonyl (C=O) groups is 1. The fraction of sp³-hybridized carbons (Fsp3) is 0.176. The van der Waals surface area contributed by atoms with E-state index in [9.17, 15) is 9.90 Å². The van der Waals surface area contributed by atoms with Crippen LogP contribution in [0.3, 0.4) is 0 Å². The van der Waals surface area contributed by atoms with E-state index >= 15 is 0 Å². The number of rotatable bonds is 5. The van der Waals surface area contributed by atoms with Crippen LogP contribution in [0.1, 0.15) is 29.8 Å². The molecule has 0 aliphatic rings. The van der Waals surface area contributed by atoms with Crippen molar-refractivity contribution in [2.45, 2.75) is 13.8 Å². The number of phenolic OH excluding ortho intramolecular Hbond substituents is 1. The van der Waals surface area contributed by atoms with Gasteiger partial charge in [0.05, 0.1) is 12.3 Å². The zero-order valence-corrected chi connectivity index (χ0v) is 12.5. The highest BCUT2D eigenvalue weighted by Gasteiger charge is 2.05. The van der Waals surface area contributed by atoms with Crippen LogP contribution in [0.5, 0.6) is 11.5 Å². The van der Waals surface area contributed by atoms with E-state index in [2.05, 4.69) is 10.5 Å². The Labute approximate surface area is 129 Å². The molecule has 0 aromatic heterocycles. The van der Waals surface area contributed by atoms with Crippen molar-refractivity contribution in [1.29, 1.82) is 0 Å². The minimum atomic E-state index is -0.374. The molecule has 2 aromatic rings. The Morgan fingerprint density at radius 2 is 1.91 bits per heavy atom. The summed E-state index contributed by atoms with van der Waals surface area (Å²) < 4.78 is 5.37. The highest BCUT2D eigenvalue weighted by atomic mass is 16.5. The van der Waals surface area contributed by atoms with Crippen molar-refractivity contribution < 1.29 is 14.6 Å². The van der Waals surface area contributed by atoms with Gasteiger partial charge in [-0.3, -0.25) is 4.79 Å². The number of nitrogens with one attached hydrogen (secondary N) is 1. The number of ether oxygens (including phenoxy) is 1. The molecule has 2 N–H and O–H groups in total. The van der Waals surface area contributed by atoms with E-state index in [1.165, 1.54) is 12.1 Å². The Balaban J connectivity index is 2.04. The third-order valence-electron chi connectivity index (χ3n) is 3.02. The molecule has 1 amide bonds. The molecule has 5 heteroatoms. The summed E-state index contributed by atoms with van der Waals surface area (Å²) in [6.07, 6.45) is 0. The van der Waals surface area contributed by atoms with Crippen LogP contribution < -0.4 is 10.2 Å². The molecule has 0 aliphatic carbocycles. The van der Waals surface area contributed by atoms with Gasteiger partial charge in [-0.1, -0.05) is 6.07 Å². The summed E-state index contributed by atoms with van der Waals surface area (Å²) in [6, 6.07) is 13.6. The van der Waals surface area contributed by atoms with E-state index in [1.54, 1.807) is 19.1 Å². The van der Waals surface area contributed by atoms with Crippen molar-refractivity contribution >= 4 is 11.6 Å².